The van der Waals surface area contributed by atoms with Crippen molar-refractivity contribution in [3.63, 3.8) is 0 Å². The fourth-order valence-corrected chi connectivity index (χ4v) is 1.66. The highest BCUT2D eigenvalue weighted by Crippen LogP contribution is 2.25. The standard InChI is InChI=1S/C12H12N2O2/c1-8(10-5-3-7-16-10)9-4-2-6-14-11(9)12(13)15/h2-8H,1H3,(H2,13,15). The van der Waals surface area contributed by atoms with Gasteiger partial charge in [-0.2, -0.15) is 0 Å². The summed E-state index contributed by atoms with van der Waals surface area (Å²) in [4.78, 5) is 15.2. The number of primary amides is 1. The van der Waals surface area contributed by atoms with Gasteiger partial charge in [-0.05, 0) is 23.8 Å². The van der Waals surface area contributed by atoms with Crippen molar-refractivity contribution in [2.24, 2.45) is 5.73 Å². The predicted molar refractivity (Wildman–Crippen MR) is 59.0 cm³/mol. The molecule has 0 aliphatic heterocycles. The molecule has 2 rings (SSSR count). The molecule has 0 saturated carbocycles. The molecule has 2 heterocycles. The molecule has 0 bridgehead atoms. The van der Waals surface area contributed by atoms with E-state index in [1.54, 1.807) is 18.5 Å². The van der Waals surface area contributed by atoms with E-state index in [9.17, 15) is 4.79 Å². The average Bonchev–Trinajstić information content (AvgIpc) is 2.81. The molecule has 1 unspecified atom stereocenters. The van der Waals surface area contributed by atoms with E-state index in [1.165, 1.54) is 0 Å². The molecule has 0 aliphatic rings. The molecule has 1 amide bonds. The minimum absolute atomic E-state index is 0.0359. The molecule has 16 heavy (non-hydrogen) atoms. The molecule has 2 aromatic heterocycles. The molecular formula is C12H12N2O2. The first kappa shape index (κ1) is 10.4. The summed E-state index contributed by atoms with van der Waals surface area (Å²) >= 11 is 0. The third kappa shape index (κ3) is 1.82. The van der Waals surface area contributed by atoms with Gasteiger partial charge >= 0.3 is 0 Å². The molecule has 0 aromatic carbocycles. The van der Waals surface area contributed by atoms with Crippen molar-refractivity contribution in [2.45, 2.75) is 12.8 Å². The van der Waals surface area contributed by atoms with Crippen LogP contribution < -0.4 is 5.73 Å². The Balaban J connectivity index is 2.44. The lowest BCUT2D eigenvalue weighted by molar-refractivity contribution is 0.0994. The quantitative estimate of drug-likeness (QED) is 0.852. The van der Waals surface area contributed by atoms with Crippen LogP contribution in [0.25, 0.3) is 0 Å². The molecular weight excluding hydrogens is 204 g/mol. The maximum absolute atomic E-state index is 11.2. The van der Waals surface area contributed by atoms with Crippen molar-refractivity contribution in [3.8, 4) is 0 Å². The van der Waals surface area contributed by atoms with Crippen LogP contribution in [0.3, 0.4) is 0 Å². The van der Waals surface area contributed by atoms with Gasteiger partial charge in [-0.15, -0.1) is 0 Å². The largest absolute Gasteiger partial charge is 0.469 e. The second-order valence-corrected chi connectivity index (χ2v) is 3.54. The number of carbonyl (C=O) groups excluding carboxylic acids is 1. The zero-order valence-electron chi connectivity index (χ0n) is 8.88. The minimum atomic E-state index is -0.519. The lowest BCUT2D eigenvalue weighted by atomic mass is 9.97. The lowest BCUT2D eigenvalue weighted by Gasteiger charge is -2.11. The number of amides is 1. The van der Waals surface area contributed by atoms with Gasteiger partial charge in [-0.3, -0.25) is 9.78 Å². The van der Waals surface area contributed by atoms with Crippen LogP contribution >= 0.6 is 0 Å². The molecule has 4 nitrogen and oxygen atoms in total. The molecule has 2 N–H and O–H groups in total. The monoisotopic (exact) mass is 216 g/mol. The maximum atomic E-state index is 11.2. The van der Waals surface area contributed by atoms with Gasteiger partial charge in [0.15, 0.2) is 0 Å². The number of rotatable bonds is 3. The summed E-state index contributed by atoms with van der Waals surface area (Å²) in [6.45, 7) is 1.95. The molecule has 0 fully saturated rings. The Labute approximate surface area is 93.1 Å². The zero-order chi connectivity index (χ0) is 11.5. The first-order valence-corrected chi connectivity index (χ1v) is 4.98. The van der Waals surface area contributed by atoms with Crippen molar-refractivity contribution >= 4 is 5.91 Å². The summed E-state index contributed by atoms with van der Waals surface area (Å²) in [5.41, 5.74) is 6.35. The highest BCUT2D eigenvalue weighted by molar-refractivity contribution is 5.92. The van der Waals surface area contributed by atoms with Crippen LogP contribution in [0, 0.1) is 0 Å². The van der Waals surface area contributed by atoms with Crippen molar-refractivity contribution in [1.29, 1.82) is 0 Å². The van der Waals surface area contributed by atoms with Gasteiger partial charge in [0.1, 0.15) is 11.5 Å². The first-order valence-electron chi connectivity index (χ1n) is 4.98. The van der Waals surface area contributed by atoms with Gasteiger partial charge in [0, 0.05) is 12.1 Å². The third-order valence-electron chi connectivity index (χ3n) is 2.51. The summed E-state index contributed by atoms with van der Waals surface area (Å²) in [7, 11) is 0. The van der Waals surface area contributed by atoms with Crippen LogP contribution in [-0.4, -0.2) is 10.9 Å². The molecule has 82 valence electrons. The number of nitrogens with zero attached hydrogens (tertiary/aromatic N) is 1. The number of pyridine rings is 1. The number of furan rings is 1. The lowest BCUT2D eigenvalue weighted by Crippen LogP contribution is -2.17. The molecule has 2 aromatic rings. The smallest absolute Gasteiger partial charge is 0.267 e. The van der Waals surface area contributed by atoms with Gasteiger partial charge in [0.05, 0.1) is 6.26 Å². The molecule has 0 aliphatic carbocycles. The summed E-state index contributed by atoms with van der Waals surface area (Å²) < 4.78 is 5.30. The second-order valence-electron chi connectivity index (χ2n) is 3.54. The number of hydrogen-bond donors (Lipinski definition) is 1. The summed E-state index contributed by atoms with van der Waals surface area (Å²) in [6, 6.07) is 7.29. The van der Waals surface area contributed by atoms with Crippen LogP contribution in [0.15, 0.2) is 41.1 Å². The molecule has 0 saturated heterocycles. The fourth-order valence-electron chi connectivity index (χ4n) is 1.66. The van der Waals surface area contributed by atoms with Crippen LogP contribution in [-0.2, 0) is 0 Å². The van der Waals surface area contributed by atoms with E-state index in [0.717, 1.165) is 11.3 Å². The number of nitrogens with two attached hydrogens (primary N) is 1. The Morgan fingerprint density at radius 1 is 1.44 bits per heavy atom. The molecule has 4 heteroatoms. The van der Waals surface area contributed by atoms with Crippen molar-refractivity contribution < 1.29 is 9.21 Å². The molecule has 0 radical (unpaired) electrons. The van der Waals surface area contributed by atoms with Crippen molar-refractivity contribution in [1.82, 2.24) is 4.98 Å². The van der Waals surface area contributed by atoms with Crippen LogP contribution in [0.2, 0.25) is 0 Å². The average molecular weight is 216 g/mol. The van der Waals surface area contributed by atoms with E-state index in [0.29, 0.717) is 5.69 Å². The number of hydrogen-bond acceptors (Lipinski definition) is 3. The topological polar surface area (TPSA) is 69.1 Å². The summed E-state index contributed by atoms with van der Waals surface area (Å²) in [6.07, 6.45) is 3.16. The normalized spacial score (nSPS) is 12.3. The number of carbonyl (C=O) groups is 1. The van der Waals surface area contributed by atoms with Gasteiger partial charge in [0.25, 0.3) is 5.91 Å². The Hall–Kier alpha value is -2.10. The van der Waals surface area contributed by atoms with E-state index in [1.807, 2.05) is 25.1 Å². The van der Waals surface area contributed by atoms with E-state index in [2.05, 4.69) is 4.98 Å². The Morgan fingerprint density at radius 2 is 2.25 bits per heavy atom. The van der Waals surface area contributed by atoms with Crippen LogP contribution in [0.5, 0.6) is 0 Å². The SMILES string of the molecule is CC(c1ccco1)c1cccnc1C(N)=O. The van der Waals surface area contributed by atoms with Gasteiger partial charge < -0.3 is 10.2 Å². The van der Waals surface area contributed by atoms with E-state index in [-0.39, 0.29) is 5.92 Å². The summed E-state index contributed by atoms with van der Waals surface area (Å²) in [5.74, 6) is 0.232. The highest BCUT2D eigenvalue weighted by atomic mass is 16.3. The van der Waals surface area contributed by atoms with E-state index in [4.69, 9.17) is 10.2 Å². The molecule has 1 atom stereocenters. The third-order valence-corrected chi connectivity index (χ3v) is 2.51. The summed E-state index contributed by atoms with van der Waals surface area (Å²) in [5, 5.41) is 0. The zero-order valence-corrected chi connectivity index (χ0v) is 8.88. The Kier molecular flexibility index (Phi) is 2.72. The van der Waals surface area contributed by atoms with Crippen molar-refractivity contribution in [3.05, 3.63) is 53.7 Å². The van der Waals surface area contributed by atoms with Crippen LogP contribution in [0.1, 0.15) is 34.7 Å². The van der Waals surface area contributed by atoms with Gasteiger partial charge in [-0.25, -0.2) is 0 Å². The highest BCUT2D eigenvalue weighted by Gasteiger charge is 2.18. The molecule has 0 spiro atoms. The van der Waals surface area contributed by atoms with E-state index >= 15 is 0 Å². The second kappa shape index (κ2) is 4.18. The van der Waals surface area contributed by atoms with Crippen LogP contribution in [0.4, 0.5) is 0 Å². The van der Waals surface area contributed by atoms with Gasteiger partial charge in [-0.1, -0.05) is 13.0 Å². The Morgan fingerprint density at radius 3 is 2.88 bits per heavy atom. The Bertz CT molecular complexity index is 491. The maximum Gasteiger partial charge on any atom is 0.267 e. The van der Waals surface area contributed by atoms with Crippen molar-refractivity contribution in [2.75, 3.05) is 0 Å². The first-order chi connectivity index (χ1) is 7.70. The minimum Gasteiger partial charge on any atom is -0.469 e. The predicted octanol–water partition coefficient (Wildman–Crippen LogP) is 1.93. The van der Waals surface area contributed by atoms with E-state index < -0.39 is 5.91 Å². The number of aromatic nitrogens is 1. The fraction of sp³-hybridized carbons (Fsp3) is 0.167. The van der Waals surface area contributed by atoms with Gasteiger partial charge in [0.2, 0.25) is 0 Å².